The van der Waals surface area contributed by atoms with Crippen LogP contribution in [0.15, 0.2) is 82.6 Å². The van der Waals surface area contributed by atoms with Crippen LogP contribution < -0.4 is 4.90 Å². The molecule has 0 spiro atoms. The highest BCUT2D eigenvalue weighted by Crippen LogP contribution is 2.41. The lowest BCUT2D eigenvalue weighted by atomic mass is 10.1. The predicted octanol–water partition coefficient (Wildman–Crippen LogP) is 4.55. The summed E-state index contributed by atoms with van der Waals surface area (Å²) in [5.41, 5.74) is 1.09. The van der Waals surface area contributed by atoms with Crippen molar-refractivity contribution in [1.82, 2.24) is 0 Å². The second-order valence-electron chi connectivity index (χ2n) is 5.79. The minimum absolute atomic E-state index is 0.0281. The third kappa shape index (κ3) is 2.88. The van der Waals surface area contributed by atoms with Gasteiger partial charge in [-0.1, -0.05) is 48.2 Å². The molecule has 0 fully saturated rings. The molecule has 0 aliphatic carbocycles. The summed E-state index contributed by atoms with van der Waals surface area (Å²) in [5.74, 6) is -0.794. The molecule has 1 aliphatic heterocycles. The van der Waals surface area contributed by atoms with Gasteiger partial charge in [0.15, 0.2) is 0 Å². The van der Waals surface area contributed by atoms with Crippen molar-refractivity contribution < 1.29 is 14.5 Å². The van der Waals surface area contributed by atoms with E-state index in [-0.39, 0.29) is 5.69 Å². The highest BCUT2D eigenvalue weighted by atomic mass is 32.2. The van der Waals surface area contributed by atoms with Gasteiger partial charge in [0, 0.05) is 11.0 Å². The number of anilines is 1. The van der Waals surface area contributed by atoms with Crippen LogP contribution in [-0.4, -0.2) is 16.7 Å². The van der Waals surface area contributed by atoms with Crippen molar-refractivity contribution in [3.05, 3.63) is 94.0 Å². The first-order valence-electron chi connectivity index (χ1n) is 8.06. The number of rotatable bonds is 4. The van der Waals surface area contributed by atoms with E-state index in [1.54, 1.807) is 66.7 Å². The van der Waals surface area contributed by atoms with Gasteiger partial charge < -0.3 is 0 Å². The van der Waals surface area contributed by atoms with Crippen LogP contribution in [0.3, 0.4) is 0 Å². The number of hydrogen-bond acceptors (Lipinski definition) is 5. The molecule has 3 aromatic carbocycles. The molecule has 0 bridgehead atoms. The van der Waals surface area contributed by atoms with Gasteiger partial charge in [0.2, 0.25) is 0 Å². The molecule has 1 heterocycles. The van der Waals surface area contributed by atoms with E-state index in [2.05, 4.69) is 0 Å². The average Bonchev–Trinajstić information content (AvgIpc) is 2.94. The van der Waals surface area contributed by atoms with E-state index >= 15 is 0 Å². The van der Waals surface area contributed by atoms with Crippen molar-refractivity contribution in [2.24, 2.45) is 0 Å². The topological polar surface area (TPSA) is 80.5 Å². The summed E-state index contributed by atoms with van der Waals surface area (Å²) < 4.78 is 0. The maximum Gasteiger partial charge on any atom is 0.283 e. The van der Waals surface area contributed by atoms with Crippen LogP contribution in [0.2, 0.25) is 0 Å². The molecule has 0 saturated carbocycles. The molecule has 3 aromatic rings. The number of hydrogen-bond donors (Lipinski definition) is 0. The van der Waals surface area contributed by atoms with Gasteiger partial charge in [-0.15, -0.1) is 0 Å². The van der Waals surface area contributed by atoms with E-state index in [1.807, 2.05) is 0 Å². The normalized spacial score (nSPS) is 13.0. The maximum atomic E-state index is 12.8. The summed E-state index contributed by atoms with van der Waals surface area (Å²) in [6.45, 7) is 0. The molecule has 0 radical (unpaired) electrons. The maximum absolute atomic E-state index is 12.8. The Morgan fingerprint density at radius 2 is 1.26 bits per heavy atom. The number of nitro benzene ring substituents is 1. The number of fused-ring (bicyclic) bond motifs is 1. The lowest BCUT2D eigenvalue weighted by Gasteiger charge is -2.17. The molecule has 0 saturated heterocycles. The Hall–Kier alpha value is -3.45. The molecule has 7 heteroatoms. The first kappa shape index (κ1) is 17.0. The molecule has 0 aromatic heterocycles. The predicted molar refractivity (Wildman–Crippen MR) is 101 cm³/mol. The van der Waals surface area contributed by atoms with Gasteiger partial charge in [0.05, 0.1) is 26.6 Å². The third-order valence-corrected chi connectivity index (χ3v) is 5.31. The summed E-state index contributed by atoms with van der Waals surface area (Å²) >= 11 is 1.15. The molecule has 2 amide bonds. The van der Waals surface area contributed by atoms with Crippen LogP contribution in [0.4, 0.5) is 11.4 Å². The van der Waals surface area contributed by atoms with Gasteiger partial charge in [-0.05, 0) is 30.3 Å². The van der Waals surface area contributed by atoms with Crippen LogP contribution >= 0.6 is 11.8 Å². The largest absolute Gasteiger partial charge is 0.283 e. The summed E-state index contributed by atoms with van der Waals surface area (Å²) in [4.78, 5) is 38.5. The highest BCUT2D eigenvalue weighted by molar-refractivity contribution is 7.99. The monoisotopic (exact) mass is 376 g/mol. The molecule has 0 atom stereocenters. The number of nitrogens with zero attached hydrogens (tertiary/aromatic N) is 2. The lowest BCUT2D eigenvalue weighted by molar-refractivity contribution is -0.387. The number of imide groups is 1. The average molecular weight is 376 g/mol. The molecule has 4 rings (SSSR count). The Morgan fingerprint density at radius 3 is 1.89 bits per heavy atom. The quantitative estimate of drug-likeness (QED) is 0.379. The van der Waals surface area contributed by atoms with Crippen LogP contribution in [0.25, 0.3) is 0 Å². The van der Waals surface area contributed by atoms with Crippen molar-refractivity contribution in [2.45, 2.75) is 9.79 Å². The van der Waals surface area contributed by atoms with Gasteiger partial charge in [-0.2, -0.15) is 0 Å². The van der Waals surface area contributed by atoms with Gasteiger partial charge >= 0.3 is 0 Å². The number of nitro groups is 1. The zero-order valence-corrected chi connectivity index (χ0v) is 14.7. The molecule has 6 nitrogen and oxygen atoms in total. The minimum Gasteiger partial charge on any atom is -0.268 e. The number of carbonyl (C=O) groups is 2. The van der Waals surface area contributed by atoms with E-state index in [1.165, 1.54) is 6.07 Å². The Labute approximate surface area is 158 Å². The van der Waals surface area contributed by atoms with E-state index in [4.69, 9.17) is 0 Å². The first-order valence-corrected chi connectivity index (χ1v) is 8.87. The molecule has 132 valence electrons. The Bertz CT molecular complexity index is 1060. The van der Waals surface area contributed by atoms with Crippen molar-refractivity contribution in [1.29, 1.82) is 0 Å². The second kappa shape index (κ2) is 6.69. The summed E-state index contributed by atoms with van der Waals surface area (Å²) in [6, 6.07) is 19.9. The van der Waals surface area contributed by atoms with Crippen molar-refractivity contribution in [2.75, 3.05) is 4.90 Å². The van der Waals surface area contributed by atoms with Crippen molar-refractivity contribution in [3.8, 4) is 0 Å². The highest BCUT2D eigenvalue weighted by Gasteiger charge is 2.37. The summed E-state index contributed by atoms with van der Waals surface area (Å²) in [6.07, 6.45) is 0. The van der Waals surface area contributed by atoms with Crippen LogP contribution in [0.5, 0.6) is 0 Å². The van der Waals surface area contributed by atoms with E-state index < -0.39 is 16.7 Å². The Balaban J connectivity index is 1.77. The van der Waals surface area contributed by atoms with Gasteiger partial charge in [0.25, 0.3) is 17.5 Å². The Morgan fingerprint density at radius 1 is 0.741 bits per heavy atom. The molecule has 27 heavy (non-hydrogen) atoms. The van der Waals surface area contributed by atoms with Gasteiger partial charge in [-0.25, -0.2) is 4.90 Å². The van der Waals surface area contributed by atoms with Crippen molar-refractivity contribution >= 4 is 35.0 Å². The number of para-hydroxylation sites is 2. The van der Waals surface area contributed by atoms with Gasteiger partial charge in [-0.3, -0.25) is 19.7 Å². The molecule has 0 unspecified atom stereocenters. The van der Waals surface area contributed by atoms with E-state index in [0.29, 0.717) is 26.6 Å². The van der Waals surface area contributed by atoms with Gasteiger partial charge in [0.1, 0.15) is 0 Å². The van der Waals surface area contributed by atoms with E-state index in [0.717, 1.165) is 16.7 Å². The van der Waals surface area contributed by atoms with Crippen LogP contribution in [0, 0.1) is 10.1 Å². The zero-order chi connectivity index (χ0) is 19.0. The smallest absolute Gasteiger partial charge is 0.268 e. The fourth-order valence-corrected chi connectivity index (χ4v) is 3.99. The SMILES string of the molecule is O=C1c2ccccc2C(=O)N1c1ccccc1Sc1ccccc1[N+](=O)[O-]. The summed E-state index contributed by atoms with van der Waals surface area (Å²) in [7, 11) is 0. The molecule has 1 aliphatic rings. The summed E-state index contributed by atoms with van der Waals surface area (Å²) in [5, 5.41) is 11.3. The van der Waals surface area contributed by atoms with Crippen LogP contribution in [0.1, 0.15) is 20.7 Å². The fraction of sp³-hybridized carbons (Fsp3) is 0. The fourth-order valence-electron chi connectivity index (χ4n) is 2.95. The number of benzene rings is 3. The number of carbonyl (C=O) groups excluding carboxylic acids is 2. The van der Waals surface area contributed by atoms with Crippen molar-refractivity contribution in [3.63, 3.8) is 0 Å². The van der Waals surface area contributed by atoms with Crippen LogP contribution in [-0.2, 0) is 0 Å². The first-order chi connectivity index (χ1) is 13.1. The molecular formula is C20H12N2O4S. The lowest BCUT2D eigenvalue weighted by Crippen LogP contribution is -2.29. The zero-order valence-electron chi connectivity index (χ0n) is 13.9. The number of amides is 2. The Kier molecular flexibility index (Phi) is 4.21. The van der Waals surface area contributed by atoms with E-state index in [9.17, 15) is 19.7 Å². The minimum atomic E-state index is -0.451. The second-order valence-corrected chi connectivity index (χ2v) is 6.87. The standard InChI is InChI=1S/C20H12N2O4S/c23-19-13-7-1-2-8-14(13)20(24)21(19)15-9-3-5-11-17(15)27-18-12-6-4-10-16(18)22(25)26/h1-12H. The third-order valence-electron chi connectivity index (χ3n) is 4.18. The molecular weight excluding hydrogens is 364 g/mol. The molecule has 0 N–H and O–H groups in total.